The summed E-state index contributed by atoms with van der Waals surface area (Å²) in [5.74, 6) is 1.14. The van der Waals surface area contributed by atoms with E-state index in [1.807, 2.05) is 60.7 Å². The topological polar surface area (TPSA) is 95.3 Å². The number of nitrogens with zero attached hydrogens (tertiary/aromatic N) is 4. The Kier molecular flexibility index (Phi) is 3.06. The van der Waals surface area contributed by atoms with E-state index < -0.39 is 6.17 Å². The van der Waals surface area contributed by atoms with Crippen LogP contribution in [0.5, 0.6) is 0 Å². The molecule has 0 bridgehead atoms. The van der Waals surface area contributed by atoms with Crippen molar-refractivity contribution in [1.29, 1.82) is 5.41 Å². The van der Waals surface area contributed by atoms with E-state index >= 15 is 0 Å². The molecule has 23 heavy (non-hydrogen) atoms. The average Bonchev–Trinajstić information content (AvgIpc) is 3.06. The molecular weight excluding hydrogens is 292 g/mol. The third-order valence-electron chi connectivity index (χ3n) is 3.74. The first-order chi connectivity index (χ1) is 11.3. The van der Waals surface area contributed by atoms with Gasteiger partial charge in [-0.2, -0.15) is 0 Å². The number of nitrogens with two attached hydrogens (primary N) is 1. The number of fused-ring (bicyclic) bond motifs is 1. The number of hydrogen-bond donors (Lipinski definition) is 2. The van der Waals surface area contributed by atoms with Crippen LogP contribution in [-0.4, -0.2) is 22.3 Å². The number of benzene rings is 2. The van der Waals surface area contributed by atoms with Gasteiger partial charge in [-0.25, -0.2) is 4.63 Å². The van der Waals surface area contributed by atoms with Gasteiger partial charge in [-0.05, 0) is 34.6 Å². The minimum Gasteiger partial charge on any atom is -0.305 e. The molecule has 0 radical (unpaired) electrons. The fourth-order valence-corrected chi connectivity index (χ4v) is 2.68. The van der Waals surface area contributed by atoms with E-state index in [9.17, 15) is 0 Å². The molecule has 0 spiro atoms. The van der Waals surface area contributed by atoms with Gasteiger partial charge in [0.1, 0.15) is 12.0 Å². The molecule has 4 rings (SSSR count). The number of nitrogens with one attached hydrogen (secondary N) is 1. The summed E-state index contributed by atoms with van der Waals surface area (Å²) in [6, 6.07) is 19.0. The van der Waals surface area contributed by atoms with Crippen LogP contribution in [0, 0.1) is 5.41 Å². The maximum atomic E-state index is 8.49. The van der Waals surface area contributed by atoms with E-state index in [0.29, 0.717) is 11.6 Å². The Labute approximate surface area is 132 Å². The molecule has 2 heterocycles. The van der Waals surface area contributed by atoms with Crippen molar-refractivity contribution in [2.24, 2.45) is 5.73 Å². The summed E-state index contributed by atoms with van der Waals surface area (Å²) in [6.45, 7) is 0. The second-order valence-corrected chi connectivity index (χ2v) is 5.12. The fraction of sp³-hybridized carbons (Fsp3) is 0.0625. The summed E-state index contributed by atoms with van der Waals surface area (Å²) >= 11 is 0. The molecule has 0 saturated carbocycles. The zero-order chi connectivity index (χ0) is 15.8. The lowest BCUT2D eigenvalue weighted by molar-refractivity contribution is 0.309. The Hall–Kier alpha value is -3.19. The van der Waals surface area contributed by atoms with E-state index in [2.05, 4.69) is 10.3 Å². The van der Waals surface area contributed by atoms with Gasteiger partial charge in [0.05, 0.1) is 0 Å². The van der Waals surface area contributed by atoms with Gasteiger partial charge < -0.3 is 5.73 Å². The monoisotopic (exact) mass is 306 g/mol. The second kappa shape index (κ2) is 5.22. The van der Waals surface area contributed by atoms with E-state index in [4.69, 9.17) is 15.8 Å². The molecule has 3 N–H and O–H groups in total. The molecule has 0 saturated heterocycles. The van der Waals surface area contributed by atoms with Gasteiger partial charge in [-0.1, -0.05) is 36.4 Å². The van der Waals surface area contributed by atoms with E-state index in [0.717, 1.165) is 11.4 Å². The van der Waals surface area contributed by atoms with E-state index in [-0.39, 0.29) is 5.84 Å². The van der Waals surface area contributed by atoms with Crippen molar-refractivity contribution >= 4 is 28.8 Å². The normalized spacial score (nSPS) is 17.3. The van der Waals surface area contributed by atoms with Crippen LogP contribution < -0.4 is 15.5 Å². The number of para-hydroxylation sites is 2. The lowest BCUT2D eigenvalue weighted by Gasteiger charge is -2.38. The van der Waals surface area contributed by atoms with Crippen LogP contribution in [0.2, 0.25) is 0 Å². The average molecular weight is 306 g/mol. The number of amidine groups is 1. The quantitative estimate of drug-likeness (QED) is 0.755. The molecule has 1 aliphatic heterocycles. The van der Waals surface area contributed by atoms with Gasteiger partial charge in [0.15, 0.2) is 0 Å². The summed E-state index contributed by atoms with van der Waals surface area (Å²) in [4.78, 5) is 3.39. The Balaban J connectivity index is 1.87. The predicted octanol–water partition coefficient (Wildman–Crippen LogP) is 2.62. The van der Waals surface area contributed by atoms with Crippen LogP contribution in [-0.2, 0) is 0 Å². The highest BCUT2D eigenvalue weighted by atomic mass is 16.6. The van der Waals surface area contributed by atoms with Crippen molar-refractivity contribution in [2.75, 3.05) is 9.80 Å². The second-order valence-electron chi connectivity index (χ2n) is 5.12. The molecule has 0 amide bonds. The molecule has 1 aromatic heterocycles. The minimum absolute atomic E-state index is 0.197. The van der Waals surface area contributed by atoms with Crippen molar-refractivity contribution in [3.8, 4) is 0 Å². The summed E-state index contributed by atoms with van der Waals surface area (Å²) in [5, 5.41) is 16.5. The Morgan fingerprint density at radius 3 is 2.09 bits per heavy atom. The standard InChI is InChI=1S/C16H14N6O/c17-13-14(18)22(12-9-5-2-6-10-12)16-15(19-23-20-16)21(13)11-7-3-1-4-8-11/h1-10,13,18H,17H2. The first kappa shape index (κ1) is 13.5. The molecule has 7 nitrogen and oxygen atoms in total. The largest absolute Gasteiger partial charge is 0.305 e. The Morgan fingerprint density at radius 2 is 1.43 bits per heavy atom. The van der Waals surface area contributed by atoms with E-state index in [1.165, 1.54) is 0 Å². The first-order valence-corrected chi connectivity index (χ1v) is 7.13. The van der Waals surface area contributed by atoms with Crippen molar-refractivity contribution in [2.45, 2.75) is 6.17 Å². The minimum atomic E-state index is -0.697. The fourth-order valence-electron chi connectivity index (χ4n) is 2.68. The lowest BCUT2D eigenvalue weighted by Crippen LogP contribution is -2.54. The van der Waals surface area contributed by atoms with Crippen LogP contribution >= 0.6 is 0 Å². The molecule has 7 heteroatoms. The maximum Gasteiger partial charge on any atom is 0.228 e. The van der Waals surface area contributed by atoms with Crippen molar-refractivity contribution in [3.63, 3.8) is 0 Å². The zero-order valence-electron chi connectivity index (χ0n) is 12.1. The maximum absolute atomic E-state index is 8.49. The summed E-state index contributed by atoms with van der Waals surface area (Å²) < 4.78 is 4.93. The zero-order valence-corrected chi connectivity index (χ0v) is 12.1. The first-order valence-electron chi connectivity index (χ1n) is 7.13. The Bertz CT molecular complexity index is 832. The van der Waals surface area contributed by atoms with Crippen LogP contribution in [0.15, 0.2) is 65.3 Å². The van der Waals surface area contributed by atoms with Crippen LogP contribution in [0.3, 0.4) is 0 Å². The van der Waals surface area contributed by atoms with Crippen LogP contribution in [0.4, 0.5) is 23.0 Å². The van der Waals surface area contributed by atoms with Gasteiger partial charge in [0.2, 0.25) is 11.6 Å². The number of aromatic nitrogens is 2. The highest BCUT2D eigenvalue weighted by Crippen LogP contribution is 2.40. The van der Waals surface area contributed by atoms with Gasteiger partial charge in [-0.15, -0.1) is 0 Å². The number of rotatable bonds is 2. The highest BCUT2D eigenvalue weighted by molar-refractivity contribution is 6.11. The number of anilines is 4. The Morgan fingerprint density at radius 1 is 0.870 bits per heavy atom. The van der Waals surface area contributed by atoms with Crippen molar-refractivity contribution < 1.29 is 4.63 Å². The number of hydrogen-bond acceptors (Lipinski definition) is 6. The van der Waals surface area contributed by atoms with Gasteiger partial charge in [0, 0.05) is 11.4 Å². The van der Waals surface area contributed by atoms with E-state index in [1.54, 1.807) is 9.80 Å². The SMILES string of the molecule is N=C1C(N)N(c2ccccc2)c2nonc2N1c1ccccc1. The molecule has 2 aromatic carbocycles. The predicted molar refractivity (Wildman–Crippen MR) is 87.2 cm³/mol. The lowest BCUT2D eigenvalue weighted by atomic mass is 10.1. The third-order valence-corrected chi connectivity index (χ3v) is 3.74. The molecule has 0 aliphatic carbocycles. The van der Waals surface area contributed by atoms with Gasteiger partial charge >= 0.3 is 0 Å². The van der Waals surface area contributed by atoms with Gasteiger partial charge in [0.25, 0.3) is 0 Å². The molecule has 114 valence electrons. The third kappa shape index (κ3) is 2.06. The molecule has 1 aliphatic rings. The van der Waals surface area contributed by atoms with Crippen LogP contribution in [0.1, 0.15) is 0 Å². The molecule has 0 fully saturated rings. The van der Waals surface area contributed by atoms with Crippen LogP contribution in [0.25, 0.3) is 0 Å². The van der Waals surface area contributed by atoms with Gasteiger partial charge in [-0.3, -0.25) is 15.2 Å². The molecule has 3 aromatic rings. The highest BCUT2D eigenvalue weighted by Gasteiger charge is 2.39. The molecule has 1 unspecified atom stereocenters. The summed E-state index contributed by atoms with van der Waals surface area (Å²) in [5.41, 5.74) is 7.92. The molecular formula is C16H14N6O. The summed E-state index contributed by atoms with van der Waals surface area (Å²) in [6.07, 6.45) is -0.697. The molecule has 1 atom stereocenters. The summed E-state index contributed by atoms with van der Waals surface area (Å²) in [7, 11) is 0. The van der Waals surface area contributed by atoms with Crippen molar-refractivity contribution in [3.05, 3.63) is 60.7 Å². The van der Waals surface area contributed by atoms with Crippen molar-refractivity contribution in [1.82, 2.24) is 10.3 Å². The smallest absolute Gasteiger partial charge is 0.228 e.